The summed E-state index contributed by atoms with van der Waals surface area (Å²) in [5, 5.41) is 6.56. The van der Waals surface area contributed by atoms with E-state index < -0.39 is 11.7 Å². The molecule has 0 aliphatic carbocycles. The molecule has 0 bridgehead atoms. The number of alkyl halides is 3. The Labute approximate surface area is 106 Å². The molecule has 18 heavy (non-hydrogen) atoms. The maximum absolute atomic E-state index is 12.4. The molecule has 0 unspecified atom stereocenters. The maximum atomic E-state index is 12.4. The summed E-state index contributed by atoms with van der Waals surface area (Å²) in [6, 6.07) is 5.01. The number of aryl methyl sites for hydroxylation is 1. The smallest absolute Gasteiger partial charge is 0.300 e. The van der Waals surface area contributed by atoms with Crippen LogP contribution in [-0.2, 0) is 12.7 Å². The summed E-state index contributed by atoms with van der Waals surface area (Å²) in [6.45, 7) is 2.18. The van der Waals surface area contributed by atoms with Crippen molar-refractivity contribution in [2.75, 3.05) is 0 Å². The number of nitrogens with zero attached hydrogens (tertiary/aromatic N) is 2. The largest absolute Gasteiger partial charge is 0.416 e. The Morgan fingerprint density at radius 2 is 1.89 bits per heavy atom. The molecule has 0 saturated carbocycles. The Morgan fingerprint density at radius 3 is 2.33 bits per heavy atom. The highest BCUT2D eigenvalue weighted by atomic mass is 32.1. The lowest BCUT2D eigenvalue weighted by atomic mass is 10.1. The molecule has 2 rings (SSSR count). The molecule has 1 N–H and O–H groups in total. The van der Waals surface area contributed by atoms with Crippen molar-refractivity contribution < 1.29 is 13.2 Å². The molecule has 0 radical (unpaired) electrons. The first-order valence-corrected chi connectivity index (χ1v) is 5.56. The molecule has 0 spiro atoms. The summed E-state index contributed by atoms with van der Waals surface area (Å²) < 4.78 is 39.3. The van der Waals surface area contributed by atoms with Crippen molar-refractivity contribution in [1.29, 1.82) is 0 Å². The first kappa shape index (κ1) is 12.8. The normalized spacial score (nSPS) is 11.8. The summed E-state index contributed by atoms with van der Waals surface area (Å²) in [5.74, 6) is 0.694. The molecule has 2 aromatic rings. The van der Waals surface area contributed by atoms with Crippen LogP contribution >= 0.6 is 12.2 Å². The van der Waals surface area contributed by atoms with Gasteiger partial charge in [-0.1, -0.05) is 12.1 Å². The minimum atomic E-state index is -4.31. The second kappa shape index (κ2) is 4.56. The van der Waals surface area contributed by atoms with E-state index >= 15 is 0 Å². The Bertz CT molecular complexity index is 595. The van der Waals surface area contributed by atoms with Crippen LogP contribution in [0.25, 0.3) is 0 Å². The first-order chi connectivity index (χ1) is 8.38. The third-order valence-corrected chi connectivity index (χ3v) is 2.88. The molecule has 1 aromatic heterocycles. The van der Waals surface area contributed by atoms with Gasteiger partial charge in [-0.25, -0.2) is 0 Å². The number of halogens is 3. The van der Waals surface area contributed by atoms with E-state index in [1.54, 1.807) is 11.5 Å². The van der Waals surface area contributed by atoms with Crippen molar-refractivity contribution in [3.8, 4) is 0 Å². The third kappa shape index (κ3) is 2.61. The van der Waals surface area contributed by atoms with Crippen molar-refractivity contribution in [2.45, 2.75) is 19.6 Å². The fourth-order valence-electron chi connectivity index (χ4n) is 1.56. The van der Waals surface area contributed by atoms with Crippen LogP contribution in [0.1, 0.15) is 17.0 Å². The lowest BCUT2D eigenvalue weighted by Crippen LogP contribution is -2.06. The lowest BCUT2D eigenvalue weighted by Gasteiger charge is -2.08. The minimum absolute atomic E-state index is 0.402. The fourth-order valence-corrected chi connectivity index (χ4v) is 1.81. The van der Waals surface area contributed by atoms with Crippen LogP contribution in [0, 0.1) is 11.7 Å². The van der Waals surface area contributed by atoms with Gasteiger partial charge in [0.25, 0.3) is 0 Å². The Morgan fingerprint density at radius 1 is 1.28 bits per heavy atom. The highest BCUT2D eigenvalue weighted by Gasteiger charge is 2.29. The molecule has 0 fully saturated rings. The van der Waals surface area contributed by atoms with Gasteiger partial charge >= 0.3 is 6.18 Å². The molecular formula is C11H10F3N3S. The number of hydrogen-bond donors (Lipinski definition) is 1. The van der Waals surface area contributed by atoms with Gasteiger partial charge in [-0.05, 0) is 36.8 Å². The van der Waals surface area contributed by atoms with Gasteiger partial charge < -0.3 is 0 Å². The zero-order valence-corrected chi connectivity index (χ0v) is 10.3. The van der Waals surface area contributed by atoms with Gasteiger partial charge in [0.1, 0.15) is 5.82 Å². The van der Waals surface area contributed by atoms with Gasteiger partial charge in [0.15, 0.2) is 4.77 Å². The van der Waals surface area contributed by atoms with E-state index in [9.17, 15) is 13.2 Å². The van der Waals surface area contributed by atoms with Crippen LogP contribution in [-0.4, -0.2) is 14.8 Å². The Kier molecular flexibility index (Phi) is 3.25. The third-order valence-electron chi connectivity index (χ3n) is 2.57. The number of benzene rings is 1. The van der Waals surface area contributed by atoms with Crippen LogP contribution in [0.2, 0.25) is 0 Å². The van der Waals surface area contributed by atoms with E-state index in [-0.39, 0.29) is 0 Å². The molecule has 3 nitrogen and oxygen atoms in total. The van der Waals surface area contributed by atoms with Crippen LogP contribution in [0.15, 0.2) is 24.3 Å². The standard InChI is InChI=1S/C11H10F3N3S/c1-7-15-16-10(18)17(7)6-8-2-4-9(5-3-8)11(12,13)14/h2-5H,6H2,1H3,(H,16,18). The predicted octanol–water partition coefficient (Wildman–Crippen LogP) is 3.32. The molecule has 1 aromatic carbocycles. The van der Waals surface area contributed by atoms with Crippen molar-refractivity contribution in [3.63, 3.8) is 0 Å². The van der Waals surface area contributed by atoms with Gasteiger partial charge in [0.05, 0.1) is 12.1 Å². The molecule has 0 aliphatic rings. The molecule has 0 amide bonds. The van der Waals surface area contributed by atoms with Gasteiger partial charge in [0, 0.05) is 0 Å². The maximum Gasteiger partial charge on any atom is 0.416 e. The van der Waals surface area contributed by atoms with Gasteiger partial charge in [-0.3, -0.25) is 9.67 Å². The fraction of sp³-hybridized carbons (Fsp3) is 0.273. The quantitative estimate of drug-likeness (QED) is 0.852. The lowest BCUT2D eigenvalue weighted by molar-refractivity contribution is -0.137. The Balaban J connectivity index is 2.24. The second-order valence-corrected chi connectivity index (χ2v) is 4.24. The van der Waals surface area contributed by atoms with Crippen LogP contribution in [0.5, 0.6) is 0 Å². The molecule has 0 saturated heterocycles. The SMILES string of the molecule is Cc1n[nH]c(=S)n1Cc1ccc(C(F)(F)F)cc1. The topological polar surface area (TPSA) is 33.6 Å². The van der Waals surface area contributed by atoms with E-state index in [1.807, 2.05) is 0 Å². The number of hydrogen-bond acceptors (Lipinski definition) is 2. The molecule has 0 atom stereocenters. The monoisotopic (exact) mass is 273 g/mol. The van der Waals surface area contributed by atoms with E-state index in [1.165, 1.54) is 12.1 Å². The van der Waals surface area contributed by atoms with Gasteiger partial charge in [-0.2, -0.15) is 18.3 Å². The predicted molar refractivity (Wildman–Crippen MR) is 62.7 cm³/mol. The highest BCUT2D eigenvalue weighted by Crippen LogP contribution is 2.29. The molecule has 0 aliphatic heterocycles. The van der Waals surface area contributed by atoms with Crippen molar-refractivity contribution in [2.24, 2.45) is 0 Å². The van der Waals surface area contributed by atoms with Crippen LogP contribution in [0.4, 0.5) is 13.2 Å². The summed E-state index contributed by atoms with van der Waals surface area (Å²) in [5.41, 5.74) is 0.0855. The van der Waals surface area contributed by atoms with E-state index in [2.05, 4.69) is 10.2 Å². The summed E-state index contributed by atoms with van der Waals surface area (Å²) >= 11 is 5.02. The minimum Gasteiger partial charge on any atom is -0.300 e. The van der Waals surface area contributed by atoms with Crippen molar-refractivity contribution in [3.05, 3.63) is 46.0 Å². The number of nitrogens with one attached hydrogen (secondary N) is 1. The summed E-state index contributed by atoms with van der Waals surface area (Å²) in [4.78, 5) is 0. The number of aromatic amines is 1. The zero-order valence-electron chi connectivity index (χ0n) is 9.45. The molecule has 1 heterocycles. The van der Waals surface area contributed by atoms with Crippen LogP contribution in [0.3, 0.4) is 0 Å². The van der Waals surface area contributed by atoms with Gasteiger partial charge in [-0.15, -0.1) is 0 Å². The van der Waals surface area contributed by atoms with E-state index in [0.717, 1.165) is 17.7 Å². The zero-order chi connectivity index (χ0) is 13.3. The number of H-pyrrole nitrogens is 1. The number of rotatable bonds is 2. The van der Waals surface area contributed by atoms with Crippen molar-refractivity contribution >= 4 is 12.2 Å². The molecule has 96 valence electrons. The summed E-state index contributed by atoms with van der Waals surface area (Å²) in [6.07, 6.45) is -4.31. The first-order valence-electron chi connectivity index (χ1n) is 5.16. The van der Waals surface area contributed by atoms with Crippen LogP contribution < -0.4 is 0 Å². The average Bonchev–Trinajstić information content (AvgIpc) is 2.60. The van der Waals surface area contributed by atoms with E-state index in [4.69, 9.17) is 12.2 Å². The van der Waals surface area contributed by atoms with Gasteiger partial charge in [0.2, 0.25) is 0 Å². The van der Waals surface area contributed by atoms with Crippen molar-refractivity contribution in [1.82, 2.24) is 14.8 Å². The molecule has 7 heteroatoms. The Hall–Kier alpha value is -1.63. The second-order valence-electron chi connectivity index (χ2n) is 3.86. The number of aromatic nitrogens is 3. The average molecular weight is 273 g/mol. The molecular weight excluding hydrogens is 263 g/mol. The summed E-state index contributed by atoms with van der Waals surface area (Å²) in [7, 11) is 0. The van der Waals surface area contributed by atoms with E-state index in [0.29, 0.717) is 17.1 Å². The highest BCUT2D eigenvalue weighted by molar-refractivity contribution is 7.71.